The van der Waals surface area contributed by atoms with Crippen molar-refractivity contribution in [1.29, 1.82) is 0 Å². The normalized spacial score (nSPS) is 12.4. The van der Waals surface area contributed by atoms with E-state index in [-0.39, 0.29) is 18.9 Å². The maximum atomic E-state index is 12.8. The topological polar surface area (TPSA) is 105 Å². The van der Waals surface area contributed by atoms with Crippen molar-refractivity contribution >= 4 is 33.2 Å². The third-order valence-corrected chi connectivity index (χ3v) is 5.76. The van der Waals surface area contributed by atoms with Crippen LogP contribution < -0.4 is 9.62 Å². The number of halogens is 1. The zero-order chi connectivity index (χ0) is 21.7. The molecule has 158 valence electrons. The van der Waals surface area contributed by atoms with Gasteiger partial charge in [0.2, 0.25) is 27.6 Å². The number of nitrogens with one attached hydrogen (secondary N) is 1. The van der Waals surface area contributed by atoms with Gasteiger partial charge in [0.1, 0.15) is 6.04 Å². The first-order valence-electron chi connectivity index (χ1n) is 9.20. The van der Waals surface area contributed by atoms with Gasteiger partial charge in [0.15, 0.2) is 0 Å². The Hall–Kier alpha value is -2.91. The summed E-state index contributed by atoms with van der Waals surface area (Å²) >= 11 is 5.88. The van der Waals surface area contributed by atoms with E-state index < -0.39 is 22.0 Å². The lowest BCUT2D eigenvalue weighted by molar-refractivity contribution is -0.122. The van der Waals surface area contributed by atoms with Crippen LogP contribution in [0.2, 0.25) is 5.02 Å². The highest BCUT2D eigenvalue weighted by Crippen LogP contribution is 2.22. The smallest absolute Gasteiger partial charge is 0.246 e. The lowest BCUT2D eigenvalue weighted by Crippen LogP contribution is -2.49. The molecule has 0 aliphatic carbocycles. The van der Waals surface area contributed by atoms with Crippen LogP contribution in [0.1, 0.15) is 19.2 Å². The van der Waals surface area contributed by atoms with Crippen molar-refractivity contribution in [3.8, 4) is 11.4 Å². The maximum Gasteiger partial charge on any atom is 0.246 e. The molecule has 0 saturated carbocycles. The second kappa shape index (κ2) is 9.27. The van der Waals surface area contributed by atoms with Gasteiger partial charge in [-0.05, 0) is 42.8 Å². The van der Waals surface area contributed by atoms with Gasteiger partial charge in [0, 0.05) is 10.6 Å². The van der Waals surface area contributed by atoms with E-state index in [4.69, 9.17) is 16.1 Å². The fourth-order valence-electron chi connectivity index (χ4n) is 2.96. The Balaban J connectivity index is 1.73. The predicted molar refractivity (Wildman–Crippen MR) is 114 cm³/mol. The van der Waals surface area contributed by atoms with Gasteiger partial charge in [0.05, 0.1) is 18.5 Å². The summed E-state index contributed by atoms with van der Waals surface area (Å²) in [7, 11) is -3.68. The number of carbonyl (C=O) groups excluding carboxylic acids is 1. The van der Waals surface area contributed by atoms with E-state index in [1.165, 1.54) is 0 Å². The van der Waals surface area contributed by atoms with Crippen LogP contribution in [0.15, 0.2) is 59.1 Å². The zero-order valence-electron chi connectivity index (χ0n) is 16.4. The Morgan fingerprint density at radius 2 is 1.83 bits per heavy atom. The summed E-state index contributed by atoms with van der Waals surface area (Å²) < 4.78 is 31.1. The number of nitrogens with zero attached hydrogens (tertiary/aromatic N) is 3. The molecule has 3 rings (SSSR count). The Morgan fingerprint density at radius 3 is 2.43 bits per heavy atom. The van der Waals surface area contributed by atoms with Gasteiger partial charge >= 0.3 is 0 Å². The Bertz CT molecular complexity index is 1100. The molecule has 0 aliphatic heterocycles. The molecule has 0 spiro atoms. The lowest BCUT2D eigenvalue weighted by atomic mass is 10.2. The highest BCUT2D eigenvalue weighted by atomic mass is 35.5. The Kier molecular flexibility index (Phi) is 6.73. The SMILES string of the molecule is CC[C@H](C(=O)NCc1nc(-c2ccc(Cl)cc2)no1)N(c1ccccc1)S(C)(=O)=O. The molecule has 1 amide bonds. The number of hydrogen-bond acceptors (Lipinski definition) is 6. The van der Waals surface area contributed by atoms with E-state index in [0.717, 1.165) is 16.1 Å². The number of rotatable bonds is 8. The lowest BCUT2D eigenvalue weighted by Gasteiger charge is -2.29. The summed E-state index contributed by atoms with van der Waals surface area (Å²) in [6.07, 6.45) is 1.36. The number of benzene rings is 2. The zero-order valence-corrected chi connectivity index (χ0v) is 18.0. The first kappa shape index (κ1) is 21.8. The summed E-state index contributed by atoms with van der Waals surface area (Å²) in [4.78, 5) is 17.1. The number of carbonyl (C=O) groups is 1. The molecule has 10 heteroatoms. The van der Waals surface area contributed by atoms with Gasteiger partial charge in [0.25, 0.3) is 0 Å². The Morgan fingerprint density at radius 1 is 1.17 bits per heavy atom. The molecule has 1 heterocycles. The van der Waals surface area contributed by atoms with Gasteiger partial charge in [-0.1, -0.05) is 41.9 Å². The molecular formula is C20H21ClN4O4S. The molecular weight excluding hydrogens is 428 g/mol. The van der Waals surface area contributed by atoms with Crippen LogP contribution in [-0.4, -0.2) is 36.8 Å². The monoisotopic (exact) mass is 448 g/mol. The van der Waals surface area contributed by atoms with E-state index >= 15 is 0 Å². The highest BCUT2D eigenvalue weighted by molar-refractivity contribution is 7.92. The van der Waals surface area contributed by atoms with Crippen molar-refractivity contribution in [2.75, 3.05) is 10.6 Å². The van der Waals surface area contributed by atoms with E-state index in [0.29, 0.717) is 16.5 Å². The van der Waals surface area contributed by atoms with Crippen molar-refractivity contribution in [2.24, 2.45) is 0 Å². The van der Waals surface area contributed by atoms with Gasteiger partial charge in [-0.25, -0.2) is 8.42 Å². The molecule has 1 aromatic heterocycles. The average Bonchev–Trinajstić information content (AvgIpc) is 3.19. The van der Waals surface area contributed by atoms with Crippen LogP contribution >= 0.6 is 11.6 Å². The second-order valence-electron chi connectivity index (χ2n) is 6.55. The van der Waals surface area contributed by atoms with Gasteiger partial charge in [-0.15, -0.1) is 0 Å². The van der Waals surface area contributed by atoms with Crippen molar-refractivity contribution in [3.05, 3.63) is 65.5 Å². The standard InChI is InChI=1S/C20H21ClN4O4S/c1-3-17(25(30(2,27)28)16-7-5-4-6-8-16)20(26)22-13-18-23-19(24-29-18)14-9-11-15(21)12-10-14/h4-12,17H,3,13H2,1-2H3,(H,22,26)/t17-/m1/s1. The van der Waals surface area contributed by atoms with Crippen molar-refractivity contribution in [1.82, 2.24) is 15.5 Å². The van der Waals surface area contributed by atoms with Crippen LogP contribution in [0.5, 0.6) is 0 Å². The highest BCUT2D eigenvalue weighted by Gasteiger charge is 2.31. The molecule has 0 bridgehead atoms. The van der Waals surface area contributed by atoms with Gasteiger partial charge in [-0.2, -0.15) is 4.98 Å². The van der Waals surface area contributed by atoms with Crippen molar-refractivity contribution < 1.29 is 17.7 Å². The molecule has 0 radical (unpaired) electrons. The molecule has 0 aliphatic rings. The molecule has 30 heavy (non-hydrogen) atoms. The summed E-state index contributed by atoms with van der Waals surface area (Å²) in [5.74, 6) is 0.108. The third-order valence-electron chi connectivity index (χ3n) is 4.32. The largest absolute Gasteiger partial charge is 0.345 e. The fraction of sp³-hybridized carbons (Fsp3) is 0.250. The first-order valence-corrected chi connectivity index (χ1v) is 11.4. The van der Waals surface area contributed by atoms with E-state index in [2.05, 4.69) is 15.5 Å². The molecule has 0 unspecified atom stereocenters. The number of aromatic nitrogens is 2. The molecule has 1 atom stereocenters. The minimum absolute atomic E-state index is 0.0255. The Labute approximate surface area is 179 Å². The predicted octanol–water partition coefficient (Wildman–Crippen LogP) is 3.25. The maximum absolute atomic E-state index is 12.8. The quantitative estimate of drug-likeness (QED) is 0.567. The average molecular weight is 449 g/mol. The van der Waals surface area contributed by atoms with Crippen LogP contribution in [0.3, 0.4) is 0 Å². The number of anilines is 1. The van der Waals surface area contributed by atoms with Crippen LogP contribution in [0.4, 0.5) is 5.69 Å². The number of sulfonamides is 1. The fourth-order valence-corrected chi connectivity index (χ4v) is 4.30. The summed E-state index contributed by atoms with van der Waals surface area (Å²) in [6, 6.07) is 14.5. The van der Waals surface area contributed by atoms with E-state index in [1.807, 2.05) is 0 Å². The molecule has 0 saturated heterocycles. The van der Waals surface area contributed by atoms with E-state index in [9.17, 15) is 13.2 Å². The molecule has 0 fully saturated rings. The minimum atomic E-state index is -3.68. The van der Waals surface area contributed by atoms with Crippen molar-refractivity contribution in [3.63, 3.8) is 0 Å². The summed E-state index contributed by atoms with van der Waals surface area (Å²) in [5, 5.41) is 7.17. The summed E-state index contributed by atoms with van der Waals surface area (Å²) in [6.45, 7) is 1.72. The summed E-state index contributed by atoms with van der Waals surface area (Å²) in [5.41, 5.74) is 1.14. The number of hydrogen-bond donors (Lipinski definition) is 1. The van der Waals surface area contributed by atoms with Crippen LogP contribution in [0.25, 0.3) is 11.4 Å². The van der Waals surface area contributed by atoms with Gasteiger partial charge in [-0.3, -0.25) is 9.10 Å². The molecule has 2 aromatic carbocycles. The van der Waals surface area contributed by atoms with Crippen LogP contribution in [0, 0.1) is 0 Å². The molecule has 3 aromatic rings. The number of para-hydroxylation sites is 1. The minimum Gasteiger partial charge on any atom is -0.345 e. The molecule has 1 N–H and O–H groups in total. The second-order valence-corrected chi connectivity index (χ2v) is 8.85. The third kappa shape index (κ3) is 5.17. The first-order chi connectivity index (χ1) is 14.3. The van der Waals surface area contributed by atoms with E-state index in [1.54, 1.807) is 61.5 Å². The number of amides is 1. The van der Waals surface area contributed by atoms with Gasteiger partial charge < -0.3 is 9.84 Å². The molecule has 8 nitrogen and oxygen atoms in total. The van der Waals surface area contributed by atoms with Crippen LogP contribution in [-0.2, 0) is 21.4 Å². The van der Waals surface area contributed by atoms with Crippen molar-refractivity contribution in [2.45, 2.75) is 25.9 Å².